The molecule has 1 heterocycles. The number of likely N-dealkylation sites (tertiary alicyclic amines) is 1. The molecule has 41 heavy (non-hydrogen) atoms. The molecule has 0 radical (unpaired) electrons. The van der Waals surface area contributed by atoms with Gasteiger partial charge in [-0.05, 0) is 25.9 Å². The number of thioether (sulfide) groups is 1. The number of amides is 4. The fourth-order valence-electron chi connectivity index (χ4n) is 4.01. The van der Waals surface area contributed by atoms with E-state index in [0.29, 0.717) is 45.8 Å². The van der Waals surface area contributed by atoms with Gasteiger partial charge < -0.3 is 31.9 Å². The van der Waals surface area contributed by atoms with Crippen molar-refractivity contribution in [2.45, 2.75) is 37.9 Å². The predicted molar refractivity (Wildman–Crippen MR) is 153 cm³/mol. The van der Waals surface area contributed by atoms with Crippen LogP contribution in [-0.4, -0.2) is 150 Å². The highest BCUT2D eigenvalue weighted by Crippen LogP contribution is 2.24. The molecule has 0 spiro atoms. The summed E-state index contributed by atoms with van der Waals surface area (Å²) in [4.78, 5) is 76.0. The van der Waals surface area contributed by atoms with Crippen LogP contribution in [0.25, 0.3) is 0 Å². The molecule has 15 nitrogen and oxygen atoms in total. The average molecular weight is 604 g/mol. The van der Waals surface area contributed by atoms with Crippen LogP contribution in [-0.2, 0) is 28.8 Å². The van der Waals surface area contributed by atoms with Crippen molar-refractivity contribution < 1.29 is 39.0 Å². The van der Waals surface area contributed by atoms with E-state index in [1.54, 1.807) is 9.80 Å². The number of aliphatic carboxylic acids is 2. The smallest absolute Gasteiger partial charge is 0.317 e. The van der Waals surface area contributed by atoms with E-state index in [4.69, 9.17) is 15.9 Å². The lowest BCUT2D eigenvalue weighted by molar-refractivity contribution is -0.139. The predicted octanol–water partition coefficient (Wildman–Crippen LogP) is -2.41. The number of nitrogens with zero attached hydrogens (tertiary/aromatic N) is 3. The Morgan fingerprint density at radius 2 is 1.63 bits per heavy atom. The topological polar surface area (TPSA) is 215 Å². The first-order valence-corrected chi connectivity index (χ1v) is 14.9. The first kappa shape index (κ1) is 36.2. The van der Waals surface area contributed by atoms with E-state index >= 15 is 0 Å². The second-order valence-corrected chi connectivity index (χ2v) is 10.7. The summed E-state index contributed by atoms with van der Waals surface area (Å²) < 4.78 is 0. The number of imide groups is 1. The molecule has 0 aromatic carbocycles. The Kier molecular flexibility index (Phi) is 18.6. The van der Waals surface area contributed by atoms with Crippen molar-refractivity contribution in [3.05, 3.63) is 0 Å². The van der Waals surface area contributed by atoms with Gasteiger partial charge in [0.15, 0.2) is 0 Å². The summed E-state index contributed by atoms with van der Waals surface area (Å²) >= 11 is 1.13. The number of nitrogens with one attached hydrogen (secondary N) is 3. The molecule has 1 fully saturated rings. The summed E-state index contributed by atoms with van der Waals surface area (Å²) in [6.07, 6.45) is 2.66. The van der Waals surface area contributed by atoms with E-state index in [0.717, 1.165) is 35.9 Å². The van der Waals surface area contributed by atoms with Gasteiger partial charge in [-0.1, -0.05) is 13.3 Å². The maximum Gasteiger partial charge on any atom is 0.317 e. The highest BCUT2D eigenvalue weighted by molar-refractivity contribution is 8.01. The number of carboxylic acids is 2. The van der Waals surface area contributed by atoms with Crippen LogP contribution < -0.4 is 21.7 Å². The molecule has 16 heteroatoms. The standard InChI is InChI=1S/C25H45N7O8S/c1-2-30(17-24(38)39)12-13-31(10-8-27-15-23(36)37)16-20(33)29-9-11-32-22(35)14-19(25(32)40)41-18-21(34)28-7-5-3-4-6-26/h19,27H,2-18,26H2,1H3,(H,28,34)(H,29,33)(H,36,37)(H,38,39). The van der Waals surface area contributed by atoms with Crippen LogP contribution in [0.4, 0.5) is 0 Å². The van der Waals surface area contributed by atoms with Crippen LogP contribution in [0, 0.1) is 0 Å². The molecule has 0 saturated carbocycles. The summed E-state index contributed by atoms with van der Waals surface area (Å²) in [6, 6.07) is 0. The molecule has 0 bridgehead atoms. The number of rotatable bonds is 24. The maximum absolute atomic E-state index is 12.7. The third-order valence-electron chi connectivity index (χ3n) is 6.27. The van der Waals surface area contributed by atoms with Gasteiger partial charge in [0.25, 0.3) is 0 Å². The number of carbonyl (C=O) groups excluding carboxylic acids is 4. The number of carbonyl (C=O) groups is 6. The van der Waals surface area contributed by atoms with Crippen molar-refractivity contribution in [2.75, 3.05) is 84.3 Å². The second-order valence-electron chi connectivity index (χ2n) is 9.55. The molecule has 7 N–H and O–H groups in total. The fourth-order valence-corrected chi connectivity index (χ4v) is 5.00. The third-order valence-corrected chi connectivity index (χ3v) is 7.47. The summed E-state index contributed by atoms with van der Waals surface area (Å²) in [5.41, 5.74) is 5.44. The van der Waals surface area contributed by atoms with E-state index in [1.807, 2.05) is 6.92 Å². The summed E-state index contributed by atoms with van der Waals surface area (Å²) in [5.74, 6) is -3.16. The molecule has 1 saturated heterocycles. The third kappa shape index (κ3) is 16.3. The number of unbranched alkanes of at least 4 members (excludes halogenated alkanes) is 2. The van der Waals surface area contributed by atoms with Gasteiger partial charge in [-0.3, -0.25) is 43.5 Å². The van der Waals surface area contributed by atoms with Crippen LogP contribution in [0.2, 0.25) is 0 Å². The molecule has 1 rings (SSSR count). The maximum atomic E-state index is 12.7. The van der Waals surface area contributed by atoms with Crippen LogP contribution in [0.1, 0.15) is 32.6 Å². The minimum Gasteiger partial charge on any atom is -0.480 e. The van der Waals surface area contributed by atoms with Crippen LogP contribution in [0.5, 0.6) is 0 Å². The van der Waals surface area contributed by atoms with Crippen molar-refractivity contribution in [2.24, 2.45) is 5.73 Å². The Bertz CT molecular complexity index is 879. The normalized spacial score (nSPS) is 15.1. The Morgan fingerprint density at radius 3 is 2.29 bits per heavy atom. The molecule has 1 aliphatic rings. The number of hydrogen-bond acceptors (Lipinski definition) is 11. The van der Waals surface area contributed by atoms with Gasteiger partial charge in [-0.15, -0.1) is 11.8 Å². The largest absolute Gasteiger partial charge is 0.480 e. The lowest BCUT2D eigenvalue weighted by Gasteiger charge is -2.26. The Hall–Kier alpha value is -2.79. The van der Waals surface area contributed by atoms with Gasteiger partial charge in [0, 0.05) is 52.2 Å². The lowest BCUT2D eigenvalue weighted by Crippen LogP contribution is -2.46. The molecule has 1 unspecified atom stereocenters. The number of hydrogen-bond donors (Lipinski definition) is 6. The minimum absolute atomic E-state index is 0.00260. The lowest BCUT2D eigenvalue weighted by atomic mass is 10.2. The first-order chi connectivity index (χ1) is 19.6. The Balaban J connectivity index is 2.47. The number of nitrogens with two attached hydrogens (primary N) is 1. The Labute approximate surface area is 244 Å². The number of likely N-dealkylation sites (N-methyl/N-ethyl adjacent to an activating group) is 1. The van der Waals surface area contributed by atoms with E-state index < -0.39 is 17.2 Å². The molecular weight excluding hydrogens is 558 g/mol. The fraction of sp³-hybridized carbons (Fsp3) is 0.760. The van der Waals surface area contributed by atoms with Crippen LogP contribution >= 0.6 is 11.8 Å². The first-order valence-electron chi connectivity index (χ1n) is 13.9. The van der Waals surface area contributed by atoms with Gasteiger partial charge in [0.1, 0.15) is 0 Å². The van der Waals surface area contributed by atoms with Gasteiger partial charge in [0.2, 0.25) is 23.6 Å². The van der Waals surface area contributed by atoms with E-state index in [1.165, 1.54) is 0 Å². The van der Waals surface area contributed by atoms with Gasteiger partial charge in [0.05, 0.1) is 30.6 Å². The average Bonchev–Trinajstić information content (AvgIpc) is 3.18. The summed E-state index contributed by atoms with van der Waals surface area (Å²) in [5, 5.41) is 25.4. The Morgan fingerprint density at radius 1 is 0.927 bits per heavy atom. The van der Waals surface area contributed by atoms with Crippen molar-refractivity contribution in [3.8, 4) is 0 Å². The zero-order valence-corrected chi connectivity index (χ0v) is 24.6. The molecule has 0 aromatic rings. The van der Waals surface area contributed by atoms with E-state index in [9.17, 15) is 28.8 Å². The second kappa shape index (κ2) is 21.0. The molecule has 4 amide bonds. The summed E-state index contributed by atoms with van der Waals surface area (Å²) in [7, 11) is 0. The van der Waals surface area contributed by atoms with Crippen molar-refractivity contribution in [3.63, 3.8) is 0 Å². The van der Waals surface area contributed by atoms with E-state index in [-0.39, 0.29) is 68.5 Å². The highest BCUT2D eigenvalue weighted by atomic mass is 32.2. The molecule has 1 aliphatic heterocycles. The van der Waals surface area contributed by atoms with Gasteiger partial charge in [-0.2, -0.15) is 0 Å². The molecular formula is C25H45N7O8S. The monoisotopic (exact) mass is 603 g/mol. The van der Waals surface area contributed by atoms with Crippen molar-refractivity contribution >= 4 is 47.3 Å². The quantitative estimate of drug-likeness (QED) is 0.0501. The molecule has 1 atom stereocenters. The van der Waals surface area contributed by atoms with Crippen LogP contribution in [0.15, 0.2) is 0 Å². The van der Waals surface area contributed by atoms with Gasteiger partial charge in [-0.25, -0.2) is 0 Å². The SMILES string of the molecule is CCN(CCN(CCNCC(=O)O)CC(=O)NCCN1C(=O)CC(SCC(=O)NCCCCCN)C1=O)CC(=O)O. The summed E-state index contributed by atoms with van der Waals surface area (Å²) in [6.45, 7) is 4.63. The number of carboxylic acid groups (broad SMARTS) is 2. The molecule has 0 aliphatic carbocycles. The minimum atomic E-state index is -1.00. The van der Waals surface area contributed by atoms with Crippen LogP contribution in [0.3, 0.4) is 0 Å². The zero-order chi connectivity index (χ0) is 30.6. The highest BCUT2D eigenvalue weighted by Gasteiger charge is 2.38. The molecule has 0 aromatic heterocycles. The zero-order valence-electron chi connectivity index (χ0n) is 23.8. The van der Waals surface area contributed by atoms with E-state index in [2.05, 4.69) is 16.0 Å². The van der Waals surface area contributed by atoms with Crippen molar-refractivity contribution in [1.29, 1.82) is 0 Å². The van der Waals surface area contributed by atoms with Crippen molar-refractivity contribution in [1.82, 2.24) is 30.7 Å². The molecule has 234 valence electrons. The van der Waals surface area contributed by atoms with Gasteiger partial charge >= 0.3 is 11.9 Å².